The molecule has 24 heavy (non-hydrogen) atoms. The van der Waals surface area contributed by atoms with Crippen LogP contribution >= 0.6 is 11.6 Å². The number of rotatable bonds is 2. The number of anilines is 1. The molecular weight excluding hydrogens is 333 g/mol. The number of aryl methyl sites for hydroxylation is 1. The van der Waals surface area contributed by atoms with Gasteiger partial charge in [-0.1, -0.05) is 11.6 Å². The minimum atomic E-state index is -0.368. The van der Waals surface area contributed by atoms with E-state index < -0.39 is 0 Å². The van der Waals surface area contributed by atoms with Crippen molar-refractivity contribution in [3.63, 3.8) is 0 Å². The van der Waals surface area contributed by atoms with Gasteiger partial charge >= 0.3 is 0 Å². The Balaban J connectivity index is 1.69. The number of halogens is 2. The highest BCUT2D eigenvalue weighted by atomic mass is 35.5. The molecule has 126 valence electrons. The van der Waals surface area contributed by atoms with Crippen LogP contribution in [0.5, 0.6) is 0 Å². The molecule has 0 N–H and O–H groups in total. The minimum absolute atomic E-state index is 0.101. The fraction of sp³-hybridized carbons (Fsp3) is 0.294. The fourth-order valence-electron chi connectivity index (χ4n) is 2.79. The van der Waals surface area contributed by atoms with Gasteiger partial charge in [0, 0.05) is 45.5 Å². The van der Waals surface area contributed by atoms with Crippen LogP contribution in [0, 0.1) is 5.82 Å². The average molecular weight is 350 g/mol. The second-order valence-corrected chi connectivity index (χ2v) is 6.15. The zero-order valence-corrected chi connectivity index (χ0v) is 14.0. The Morgan fingerprint density at radius 2 is 1.83 bits per heavy atom. The summed E-state index contributed by atoms with van der Waals surface area (Å²) in [6.45, 7) is 2.30. The van der Waals surface area contributed by atoms with E-state index in [1.165, 1.54) is 22.8 Å². The molecule has 1 aromatic carbocycles. The van der Waals surface area contributed by atoms with Crippen molar-refractivity contribution in [1.29, 1.82) is 0 Å². The van der Waals surface area contributed by atoms with Crippen LogP contribution in [0.2, 0.25) is 5.02 Å². The highest BCUT2D eigenvalue weighted by Crippen LogP contribution is 2.27. The molecule has 5 nitrogen and oxygen atoms in total. The number of nitrogens with zero attached hydrogens (tertiary/aromatic N) is 3. The molecule has 1 aliphatic heterocycles. The first kappa shape index (κ1) is 16.5. The Morgan fingerprint density at radius 1 is 1.12 bits per heavy atom. The van der Waals surface area contributed by atoms with E-state index in [1.807, 2.05) is 4.90 Å². The summed E-state index contributed by atoms with van der Waals surface area (Å²) in [5.41, 5.74) is 1.11. The number of hydrogen-bond donors (Lipinski definition) is 0. The molecule has 3 rings (SSSR count). The zero-order valence-electron chi connectivity index (χ0n) is 13.2. The predicted molar refractivity (Wildman–Crippen MR) is 91.2 cm³/mol. The van der Waals surface area contributed by atoms with E-state index in [-0.39, 0.29) is 17.3 Å². The molecule has 0 bridgehead atoms. The van der Waals surface area contributed by atoms with Gasteiger partial charge in [0.1, 0.15) is 5.82 Å². The van der Waals surface area contributed by atoms with Crippen LogP contribution in [-0.4, -0.2) is 41.6 Å². The van der Waals surface area contributed by atoms with Gasteiger partial charge in [-0.05, 0) is 24.3 Å². The Morgan fingerprint density at radius 3 is 2.46 bits per heavy atom. The van der Waals surface area contributed by atoms with Gasteiger partial charge in [0.05, 0.1) is 16.3 Å². The lowest BCUT2D eigenvalue weighted by Crippen LogP contribution is -2.49. The summed E-state index contributed by atoms with van der Waals surface area (Å²) in [4.78, 5) is 27.7. The monoisotopic (exact) mass is 349 g/mol. The zero-order chi connectivity index (χ0) is 17.3. The van der Waals surface area contributed by atoms with Crippen molar-refractivity contribution in [2.75, 3.05) is 31.1 Å². The lowest BCUT2D eigenvalue weighted by molar-refractivity contribution is 0.0746. The van der Waals surface area contributed by atoms with Crippen LogP contribution < -0.4 is 10.5 Å². The third-order valence-corrected chi connectivity index (χ3v) is 4.45. The second kappa shape index (κ2) is 6.65. The maximum absolute atomic E-state index is 13.2. The smallest absolute Gasteiger partial charge is 0.255 e. The number of aromatic nitrogens is 1. The van der Waals surface area contributed by atoms with Crippen molar-refractivity contribution in [2.45, 2.75) is 0 Å². The predicted octanol–water partition coefficient (Wildman–Crippen LogP) is 2.14. The summed E-state index contributed by atoms with van der Waals surface area (Å²) in [7, 11) is 1.62. The van der Waals surface area contributed by atoms with Crippen molar-refractivity contribution in [2.24, 2.45) is 7.05 Å². The van der Waals surface area contributed by atoms with Crippen molar-refractivity contribution in [3.8, 4) is 0 Å². The number of hydrogen-bond acceptors (Lipinski definition) is 3. The summed E-state index contributed by atoms with van der Waals surface area (Å²) in [6, 6.07) is 7.26. The number of amides is 1. The van der Waals surface area contributed by atoms with Gasteiger partial charge in [-0.3, -0.25) is 9.59 Å². The molecule has 0 radical (unpaired) electrons. The molecule has 0 spiro atoms. The van der Waals surface area contributed by atoms with Gasteiger partial charge < -0.3 is 14.4 Å². The van der Waals surface area contributed by atoms with E-state index in [1.54, 1.807) is 30.3 Å². The van der Waals surface area contributed by atoms with Crippen LogP contribution in [0.1, 0.15) is 10.4 Å². The van der Waals surface area contributed by atoms with Gasteiger partial charge in [-0.2, -0.15) is 0 Å². The molecule has 0 unspecified atom stereocenters. The van der Waals surface area contributed by atoms with Crippen LogP contribution in [0.4, 0.5) is 10.1 Å². The first-order chi connectivity index (χ1) is 11.5. The van der Waals surface area contributed by atoms with Crippen molar-refractivity contribution < 1.29 is 9.18 Å². The van der Waals surface area contributed by atoms with Gasteiger partial charge in [0.25, 0.3) is 5.91 Å². The highest BCUT2D eigenvalue weighted by Gasteiger charge is 2.23. The molecule has 1 amide bonds. The molecule has 1 aromatic heterocycles. The average Bonchev–Trinajstić information content (AvgIpc) is 2.57. The maximum atomic E-state index is 13.2. The van der Waals surface area contributed by atoms with Gasteiger partial charge in [0.15, 0.2) is 0 Å². The minimum Gasteiger partial charge on any atom is -0.367 e. The van der Waals surface area contributed by atoms with Gasteiger partial charge in [-0.15, -0.1) is 0 Å². The van der Waals surface area contributed by atoms with Crippen LogP contribution in [0.3, 0.4) is 0 Å². The molecule has 2 heterocycles. The Hall–Kier alpha value is -2.34. The van der Waals surface area contributed by atoms with Crippen LogP contribution in [0.25, 0.3) is 0 Å². The summed E-state index contributed by atoms with van der Waals surface area (Å²) in [5, 5.41) is 0.368. The maximum Gasteiger partial charge on any atom is 0.255 e. The van der Waals surface area contributed by atoms with E-state index in [0.717, 1.165) is 5.69 Å². The van der Waals surface area contributed by atoms with E-state index in [9.17, 15) is 14.0 Å². The quantitative estimate of drug-likeness (QED) is 0.834. The van der Waals surface area contributed by atoms with E-state index in [4.69, 9.17) is 11.6 Å². The summed E-state index contributed by atoms with van der Waals surface area (Å²) < 4.78 is 14.5. The summed E-state index contributed by atoms with van der Waals surface area (Å²) in [5.74, 6) is -0.470. The molecule has 0 saturated carbocycles. The lowest BCUT2D eigenvalue weighted by atomic mass is 10.2. The van der Waals surface area contributed by atoms with Crippen molar-refractivity contribution in [3.05, 3.63) is 63.3 Å². The van der Waals surface area contributed by atoms with Gasteiger partial charge in [0.2, 0.25) is 5.56 Å². The van der Waals surface area contributed by atoms with Crippen LogP contribution in [-0.2, 0) is 7.05 Å². The summed E-state index contributed by atoms with van der Waals surface area (Å²) >= 11 is 6.10. The van der Waals surface area contributed by atoms with Crippen molar-refractivity contribution >= 4 is 23.2 Å². The Labute approximate surface area is 143 Å². The van der Waals surface area contributed by atoms with Crippen LogP contribution in [0.15, 0.2) is 41.3 Å². The van der Waals surface area contributed by atoms with Crippen molar-refractivity contribution in [1.82, 2.24) is 9.47 Å². The fourth-order valence-corrected chi connectivity index (χ4v) is 3.08. The number of piperazine rings is 1. The molecule has 7 heteroatoms. The standard InChI is InChI=1S/C17H17ClFN3O2/c1-20-11-12(2-5-16(20)23)17(24)22-8-6-21(7-9-22)15-4-3-13(19)10-14(15)18/h2-5,10-11H,6-9H2,1H3. The van der Waals surface area contributed by atoms with E-state index >= 15 is 0 Å². The summed E-state index contributed by atoms with van der Waals surface area (Å²) in [6.07, 6.45) is 1.55. The largest absolute Gasteiger partial charge is 0.367 e. The Bertz CT molecular complexity index is 829. The SMILES string of the molecule is Cn1cc(C(=O)N2CCN(c3ccc(F)cc3Cl)CC2)ccc1=O. The first-order valence-electron chi connectivity index (χ1n) is 7.61. The molecule has 1 aliphatic rings. The molecule has 0 aliphatic carbocycles. The van der Waals surface area contributed by atoms with E-state index in [2.05, 4.69) is 0 Å². The Kier molecular flexibility index (Phi) is 4.57. The highest BCUT2D eigenvalue weighted by molar-refractivity contribution is 6.33. The van der Waals surface area contributed by atoms with Gasteiger partial charge in [-0.25, -0.2) is 4.39 Å². The first-order valence-corrected chi connectivity index (χ1v) is 7.99. The third kappa shape index (κ3) is 3.28. The number of carbonyl (C=O) groups is 1. The third-order valence-electron chi connectivity index (χ3n) is 4.15. The van der Waals surface area contributed by atoms with E-state index in [0.29, 0.717) is 36.8 Å². The molecule has 1 fully saturated rings. The molecule has 0 atom stereocenters. The second-order valence-electron chi connectivity index (χ2n) is 5.74. The number of benzene rings is 1. The normalized spacial score (nSPS) is 14.8. The number of carbonyl (C=O) groups excluding carboxylic acids is 1. The molecule has 2 aromatic rings. The molecular formula is C17H17ClFN3O2. The molecule has 1 saturated heterocycles. The number of pyridine rings is 1. The topological polar surface area (TPSA) is 45.6 Å². The lowest BCUT2D eigenvalue weighted by Gasteiger charge is -2.36.